The summed E-state index contributed by atoms with van der Waals surface area (Å²) in [4.78, 5) is 20.8. The summed E-state index contributed by atoms with van der Waals surface area (Å²) in [6, 6.07) is 20.1. The predicted molar refractivity (Wildman–Crippen MR) is 219 cm³/mol. The van der Waals surface area contributed by atoms with Gasteiger partial charge in [-0.05, 0) is 43.3 Å². The summed E-state index contributed by atoms with van der Waals surface area (Å²) in [6.07, 6.45) is 0. The molecule has 5 rings (SSSR count). The van der Waals surface area contributed by atoms with Crippen LogP contribution in [0, 0.1) is 0 Å². The zero-order valence-electron chi connectivity index (χ0n) is 33.5. The number of hydrazine groups is 1. The van der Waals surface area contributed by atoms with Gasteiger partial charge in [-0.25, -0.2) is 26.8 Å². The van der Waals surface area contributed by atoms with Crippen molar-refractivity contribution < 1.29 is 50.1 Å². The van der Waals surface area contributed by atoms with E-state index in [0.29, 0.717) is 51.8 Å². The number of nitrogens with one attached hydrogen (secondary N) is 3. The largest absolute Gasteiger partial charge is 0.494 e. The third kappa shape index (κ3) is 11.7. The third-order valence-electron chi connectivity index (χ3n) is 8.03. The molecule has 1 amide bonds. The van der Waals surface area contributed by atoms with Crippen LogP contribution in [0.5, 0.6) is 34.8 Å². The van der Waals surface area contributed by atoms with Gasteiger partial charge in [0.05, 0.1) is 48.4 Å². The van der Waals surface area contributed by atoms with Crippen molar-refractivity contribution in [1.82, 2.24) is 35.6 Å². The first kappa shape index (κ1) is 45.0. The number of nitrogens with zero attached hydrogens (tertiary/aromatic N) is 6. The molecule has 0 atom stereocenters. The van der Waals surface area contributed by atoms with E-state index in [4.69, 9.17) is 28.4 Å². The molecular weight excluding hydrogens is 811 g/mol. The Kier molecular flexibility index (Phi) is 15.8. The van der Waals surface area contributed by atoms with Gasteiger partial charge in [-0.3, -0.25) is 20.2 Å². The quantitative estimate of drug-likeness (QED) is 0.0775. The number of para-hydroxylation sites is 2. The van der Waals surface area contributed by atoms with E-state index >= 15 is 0 Å². The summed E-state index contributed by atoms with van der Waals surface area (Å²) in [6.45, 7) is 3.03. The minimum Gasteiger partial charge on any atom is -0.494 e. The molecule has 2 aromatic carbocycles. The van der Waals surface area contributed by atoms with Gasteiger partial charge in [-0.2, -0.15) is 0 Å². The smallest absolute Gasteiger partial charge is 0.288 e. The Hall–Kier alpha value is -6.68. The van der Waals surface area contributed by atoms with Crippen molar-refractivity contribution in [1.29, 1.82) is 0 Å². The number of pyridine rings is 2. The number of amides is 1. The van der Waals surface area contributed by atoms with Gasteiger partial charge in [0.15, 0.2) is 21.5 Å². The summed E-state index contributed by atoms with van der Waals surface area (Å²) in [5.41, 5.74) is 6.13. The number of ether oxygens (including phenoxy) is 6. The number of rotatable bonds is 15. The molecule has 0 saturated carbocycles. The third-order valence-corrected chi connectivity index (χ3v) is 10.8. The van der Waals surface area contributed by atoms with E-state index in [9.17, 15) is 21.6 Å². The molecule has 3 aromatic heterocycles. The molecule has 0 spiro atoms. The number of carbonyl (C=O) groups is 1. The molecule has 0 aliphatic carbocycles. The summed E-state index contributed by atoms with van der Waals surface area (Å²) in [5.74, 6) is 1.46. The van der Waals surface area contributed by atoms with Gasteiger partial charge in [-0.1, -0.05) is 31.2 Å². The molecular formula is C37H45N9O11S2. The van der Waals surface area contributed by atoms with Crippen molar-refractivity contribution >= 4 is 37.4 Å². The maximum Gasteiger partial charge on any atom is 0.288 e. The molecule has 0 aliphatic rings. The average Bonchev–Trinajstić information content (AvgIpc) is 3.67. The van der Waals surface area contributed by atoms with Gasteiger partial charge in [0.25, 0.3) is 15.9 Å². The molecule has 316 valence electrons. The summed E-state index contributed by atoms with van der Waals surface area (Å²) >= 11 is 0. The van der Waals surface area contributed by atoms with Crippen LogP contribution in [0.15, 0.2) is 77.2 Å². The zero-order valence-corrected chi connectivity index (χ0v) is 35.2. The topological polar surface area (TPSA) is 246 Å². The number of methoxy groups -OCH3 is 6. The molecule has 0 radical (unpaired) electrons. The van der Waals surface area contributed by atoms with E-state index in [1.165, 1.54) is 55.6 Å². The Bertz CT molecular complexity index is 2430. The number of carbonyl (C=O) groups excluding carboxylic acids is 1. The number of hydrogen-bond acceptors (Lipinski definition) is 15. The predicted octanol–water partition coefficient (Wildman–Crippen LogP) is 3.45. The number of guanidine groups is 1. The first-order valence-electron chi connectivity index (χ1n) is 17.5. The Morgan fingerprint density at radius 2 is 1.20 bits per heavy atom. The fourth-order valence-corrected chi connectivity index (χ4v) is 6.31. The fourth-order valence-electron chi connectivity index (χ4n) is 5.02. The van der Waals surface area contributed by atoms with Crippen LogP contribution in [0.2, 0.25) is 0 Å². The maximum atomic E-state index is 12.4. The Balaban J connectivity index is 0.000000261. The highest BCUT2D eigenvalue weighted by atomic mass is 32.2. The molecule has 0 bridgehead atoms. The van der Waals surface area contributed by atoms with Crippen LogP contribution in [-0.4, -0.2) is 108 Å². The summed E-state index contributed by atoms with van der Waals surface area (Å²) in [5, 5.41) is 11.2. The van der Waals surface area contributed by atoms with Gasteiger partial charge in [0.2, 0.25) is 17.7 Å². The van der Waals surface area contributed by atoms with Gasteiger partial charge < -0.3 is 33.7 Å². The second-order valence-corrected chi connectivity index (χ2v) is 15.9. The second-order valence-electron chi connectivity index (χ2n) is 11.6. The van der Waals surface area contributed by atoms with Gasteiger partial charge in [-0.15, -0.1) is 14.6 Å². The normalized spacial score (nSPS) is 11.4. The zero-order chi connectivity index (χ0) is 43.2. The summed E-state index contributed by atoms with van der Waals surface area (Å²) in [7, 11) is 1.70. The standard InChI is InChI=1S/C19H22N4O5S.C18H23N5O6S/c1-5-29(24,25)12-16-21-22-19(13-8-6-11-17(20-13)28-4)23(16)18-14(26-2)9-7-10-15(18)27-3;1-5-30(25,26)23-18(20-16-13(27-2)9-7-10-14(16)28-3)22-21-17(24)12-8-6-11-15(19-12)29-4/h6-11H,5,12H2,1-4H3;6-11H,5H2,1-4H3,(H,21,24)(H2,20,22,23). The SMILES string of the molecule is CCS(=O)(=O)Cc1nnc(-c2cccc(OC)n2)n1-c1c(OC)cccc1OC.CCS(=O)(=O)N=C(NNC(=O)c1cccc(OC)n1)Nc1c(OC)cccc1OC. The fraction of sp³-hybridized carbons (Fsp3) is 0.297. The van der Waals surface area contributed by atoms with E-state index in [0.717, 1.165) is 0 Å². The molecule has 59 heavy (non-hydrogen) atoms. The molecule has 0 saturated heterocycles. The number of sulfone groups is 1. The number of sulfonamides is 1. The first-order chi connectivity index (χ1) is 28.3. The lowest BCUT2D eigenvalue weighted by molar-refractivity contribution is 0.0938. The van der Waals surface area contributed by atoms with Crippen LogP contribution < -0.4 is 44.6 Å². The van der Waals surface area contributed by atoms with Gasteiger partial charge >= 0.3 is 0 Å². The van der Waals surface area contributed by atoms with E-state index < -0.39 is 25.8 Å². The highest BCUT2D eigenvalue weighted by Gasteiger charge is 2.26. The van der Waals surface area contributed by atoms with Crippen LogP contribution in [0.25, 0.3) is 17.2 Å². The Labute approximate surface area is 341 Å². The molecule has 3 N–H and O–H groups in total. The molecule has 0 unspecified atom stereocenters. The second kappa shape index (κ2) is 20.7. The lowest BCUT2D eigenvalue weighted by Crippen LogP contribution is -2.45. The highest BCUT2D eigenvalue weighted by Crippen LogP contribution is 2.37. The Morgan fingerprint density at radius 3 is 1.75 bits per heavy atom. The average molecular weight is 856 g/mol. The van der Waals surface area contributed by atoms with E-state index in [-0.39, 0.29) is 40.6 Å². The Morgan fingerprint density at radius 1 is 0.661 bits per heavy atom. The number of benzene rings is 2. The van der Waals surface area contributed by atoms with Crippen molar-refractivity contribution in [2.24, 2.45) is 4.40 Å². The summed E-state index contributed by atoms with van der Waals surface area (Å²) < 4.78 is 85.8. The van der Waals surface area contributed by atoms with Crippen LogP contribution in [0.4, 0.5) is 5.69 Å². The van der Waals surface area contributed by atoms with Crippen LogP contribution in [0.1, 0.15) is 30.2 Å². The van der Waals surface area contributed by atoms with E-state index in [1.54, 1.807) is 78.2 Å². The van der Waals surface area contributed by atoms with Gasteiger partial charge in [0.1, 0.15) is 51.5 Å². The molecule has 20 nitrogen and oxygen atoms in total. The van der Waals surface area contributed by atoms with Crippen LogP contribution >= 0.6 is 0 Å². The van der Waals surface area contributed by atoms with Crippen molar-refractivity contribution in [3.05, 3.63) is 84.3 Å². The first-order valence-corrected chi connectivity index (χ1v) is 21.0. The van der Waals surface area contributed by atoms with Crippen molar-refractivity contribution in [3.8, 4) is 52.0 Å². The lowest BCUT2D eigenvalue weighted by Gasteiger charge is -2.17. The van der Waals surface area contributed by atoms with E-state index in [2.05, 4.69) is 40.7 Å². The molecule has 0 aliphatic heterocycles. The van der Waals surface area contributed by atoms with E-state index in [1.807, 2.05) is 0 Å². The molecule has 0 fully saturated rings. The molecule has 3 heterocycles. The number of aromatic nitrogens is 5. The number of anilines is 1. The molecule has 5 aromatic rings. The van der Waals surface area contributed by atoms with Crippen LogP contribution in [0.3, 0.4) is 0 Å². The monoisotopic (exact) mass is 855 g/mol. The maximum absolute atomic E-state index is 12.4. The van der Waals surface area contributed by atoms with Crippen molar-refractivity contribution in [3.63, 3.8) is 0 Å². The van der Waals surface area contributed by atoms with Crippen molar-refractivity contribution in [2.45, 2.75) is 19.6 Å². The lowest BCUT2D eigenvalue weighted by atomic mass is 10.2. The highest BCUT2D eigenvalue weighted by molar-refractivity contribution is 7.90. The van der Waals surface area contributed by atoms with Crippen LogP contribution in [-0.2, 0) is 25.6 Å². The van der Waals surface area contributed by atoms with Gasteiger partial charge in [0, 0.05) is 17.9 Å². The molecule has 22 heteroatoms. The number of hydrogen-bond donors (Lipinski definition) is 3. The minimum absolute atomic E-state index is 0.0182. The minimum atomic E-state index is -3.81. The van der Waals surface area contributed by atoms with Crippen molar-refractivity contribution in [2.75, 3.05) is 59.5 Å².